The molecule has 7 heteroatoms. The Hall–Kier alpha value is -2.15. The van der Waals surface area contributed by atoms with Crippen LogP contribution in [-0.4, -0.2) is 46.3 Å². The van der Waals surface area contributed by atoms with Gasteiger partial charge in [0, 0.05) is 24.2 Å². The van der Waals surface area contributed by atoms with Gasteiger partial charge < -0.3 is 10.2 Å². The van der Waals surface area contributed by atoms with Crippen molar-refractivity contribution in [2.24, 2.45) is 0 Å². The Kier molecular flexibility index (Phi) is 6.87. The van der Waals surface area contributed by atoms with Crippen molar-refractivity contribution < 1.29 is 4.79 Å². The summed E-state index contributed by atoms with van der Waals surface area (Å²) < 4.78 is 1.70. The smallest absolute Gasteiger partial charge is 0.270 e. The minimum atomic E-state index is -0.105. The van der Waals surface area contributed by atoms with Gasteiger partial charge in [-0.1, -0.05) is 24.1 Å². The Balaban J connectivity index is 1.46. The van der Waals surface area contributed by atoms with E-state index < -0.39 is 0 Å². The van der Waals surface area contributed by atoms with Gasteiger partial charge in [-0.3, -0.25) is 4.79 Å². The number of likely N-dealkylation sites (tertiary alicyclic amines) is 1. The van der Waals surface area contributed by atoms with Crippen molar-refractivity contribution in [2.45, 2.75) is 38.6 Å². The fourth-order valence-corrected chi connectivity index (χ4v) is 4.74. The highest BCUT2D eigenvalue weighted by Crippen LogP contribution is 2.26. The Morgan fingerprint density at radius 1 is 1.27 bits per heavy atom. The Morgan fingerprint density at radius 3 is 2.83 bits per heavy atom. The Labute approximate surface area is 186 Å². The maximum absolute atomic E-state index is 13.0. The first kappa shape index (κ1) is 21.1. The van der Waals surface area contributed by atoms with Gasteiger partial charge in [0.05, 0.1) is 10.6 Å². The molecular weight excluding hydrogens is 416 g/mol. The van der Waals surface area contributed by atoms with E-state index in [1.165, 1.54) is 25.8 Å². The lowest BCUT2D eigenvalue weighted by Crippen LogP contribution is -2.39. The van der Waals surface area contributed by atoms with Crippen LogP contribution in [0.4, 0.5) is 0 Å². The molecule has 1 fully saturated rings. The van der Waals surface area contributed by atoms with Crippen molar-refractivity contribution in [3.63, 3.8) is 0 Å². The van der Waals surface area contributed by atoms with Gasteiger partial charge >= 0.3 is 0 Å². The molecule has 2 aromatic heterocycles. The molecule has 1 amide bonds. The van der Waals surface area contributed by atoms with Crippen LogP contribution in [-0.2, 0) is 0 Å². The third-order valence-electron chi connectivity index (χ3n) is 5.64. The second-order valence-electron chi connectivity index (χ2n) is 7.77. The molecule has 1 aliphatic rings. The number of nitrogens with zero attached hydrogens (tertiary/aromatic N) is 3. The highest BCUT2D eigenvalue weighted by molar-refractivity contribution is 7.13. The first-order valence-corrected chi connectivity index (χ1v) is 11.8. The molecule has 1 saturated heterocycles. The maximum atomic E-state index is 13.0. The molecule has 4 rings (SSSR count). The summed E-state index contributed by atoms with van der Waals surface area (Å²) in [5.74, 6) is -0.105. The molecule has 158 valence electrons. The highest BCUT2D eigenvalue weighted by atomic mass is 35.5. The third kappa shape index (κ3) is 4.94. The molecular formula is C23H27ClN4OS. The average molecular weight is 443 g/mol. The number of carbonyl (C=O) groups is 1. The zero-order valence-electron chi connectivity index (χ0n) is 17.2. The summed E-state index contributed by atoms with van der Waals surface area (Å²) in [5, 5.41) is 10.5. The zero-order valence-corrected chi connectivity index (χ0v) is 18.8. The van der Waals surface area contributed by atoms with Crippen molar-refractivity contribution in [1.82, 2.24) is 20.0 Å². The number of halogens is 1. The standard InChI is InChI=1S/C23H27ClN4OS/c1-17-6-2-3-13-27(17)14-5-12-25-23(29)21-16-20(22-7-4-15-30-22)26-28(21)19-10-8-18(24)9-11-19/h4,7-11,15-17H,2-3,5-6,12-14H2,1H3,(H,25,29). The molecule has 3 heterocycles. The number of thiophene rings is 1. The number of aromatic nitrogens is 2. The van der Waals surface area contributed by atoms with Gasteiger partial charge in [-0.05, 0) is 74.5 Å². The average Bonchev–Trinajstić information content (AvgIpc) is 3.43. The summed E-state index contributed by atoms with van der Waals surface area (Å²) in [6, 6.07) is 13.9. The molecule has 0 aliphatic carbocycles. The predicted octanol–water partition coefficient (Wildman–Crippen LogP) is 5.25. The predicted molar refractivity (Wildman–Crippen MR) is 124 cm³/mol. The monoisotopic (exact) mass is 442 g/mol. The lowest BCUT2D eigenvalue weighted by molar-refractivity contribution is 0.0941. The summed E-state index contributed by atoms with van der Waals surface area (Å²) in [6.07, 6.45) is 4.83. The fourth-order valence-electron chi connectivity index (χ4n) is 3.93. The van der Waals surface area contributed by atoms with Crippen molar-refractivity contribution >= 4 is 28.8 Å². The van der Waals surface area contributed by atoms with Crippen LogP contribution in [0.5, 0.6) is 0 Å². The van der Waals surface area contributed by atoms with Crippen molar-refractivity contribution in [3.05, 3.63) is 58.6 Å². The number of rotatable bonds is 7. The van der Waals surface area contributed by atoms with Crippen LogP contribution in [0.2, 0.25) is 5.02 Å². The van der Waals surface area contributed by atoms with E-state index in [0.29, 0.717) is 23.3 Å². The van der Waals surface area contributed by atoms with E-state index in [1.54, 1.807) is 16.0 Å². The first-order chi connectivity index (χ1) is 14.6. The quantitative estimate of drug-likeness (QED) is 0.508. The molecule has 5 nitrogen and oxygen atoms in total. The van der Waals surface area contributed by atoms with Crippen molar-refractivity contribution in [2.75, 3.05) is 19.6 Å². The van der Waals surface area contributed by atoms with E-state index in [2.05, 4.69) is 17.1 Å². The van der Waals surface area contributed by atoms with E-state index >= 15 is 0 Å². The Morgan fingerprint density at radius 2 is 2.10 bits per heavy atom. The molecule has 0 radical (unpaired) electrons. The summed E-state index contributed by atoms with van der Waals surface area (Å²) >= 11 is 7.65. The molecule has 30 heavy (non-hydrogen) atoms. The summed E-state index contributed by atoms with van der Waals surface area (Å²) in [6.45, 7) is 5.15. The molecule has 1 N–H and O–H groups in total. The summed E-state index contributed by atoms with van der Waals surface area (Å²) in [5.41, 5.74) is 2.15. The normalized spacial score (nSPS) is 17.2. The van der Waals surface area contributed by atoms with Crippen LogP contribution in [0.15, 0.2) is 47.8 Å². The minimum absolute atomic E-state index is 0.105. The van der Waals surface area contributed by atoms with E-state index in [4.69, 9.17) is 16.7 Å². The molecule has 1 aliphatic heterocycles. The first-order valence-electron chi connectivity index (χ1n) is 10.5. The number of hydrogen-bond acceptors (Lipinski definition) is 4. The van der Waals surface area contributed by atoms with Crippen LogP contribution in [0, 0.1) is 0 Å². The number of carbonyl (C=O) groups excluding carboxylic acids is 1. The summed E-state index contributed by atoms with van der Waals surface area (Å²) in [4.78, 5) is 16.6. The van der Waals surface area contributed by atoms with Gasteiger partial charge in [-0.25, -0.2) is 4.68 Å². The lowest BCUT2D eigenvalue weighted by atomic mass is 10.0. The van der Waals surface area contributed by atoms with Crippen LogP contribution in [0.3, 0.4) is 0 Å². The van der Waals surface area contributed by atoms with E-state index in [1.807, 2.05) is 47.8 Å². The van der Waals surface area contributed by atoms with Gasteiger partial charge in [0.25, 0.3) is 5.91 Å². The topological polar surface area (TPSA) is 50.2 Å². The number of nitrogens with one attached hydrogen (secondary N) is 1. The van der Waals surface area contributed by atoms with Gasteiger partial charge in [0.15, 0.2) is 0 Å². The van der Waals surface area contributed by atoms with Crippen LogP contribution >= 0.6 is 22.9 Å². The van der Waals surface area contributed by atoms with Gasteiger partial charge in [-0.2, -0.15) is 5.10 Å². The van der Waals surface area contributed by atoms with Gasteiger partial charge in [0.1, 0.15) is 11.4 Å². The molecule has 1 unspecified atom stereocenters. The van der Waals surface area contributed by atoms with Gasteiger partial charge in [0.2, 0.25) is 0 Å². The third-order valence-corrected chi connectivity index (χ3v) is 6.78. The minimum Gasteiger partial charge on any atom is -0.351 e. The van der Waals surface area contributed by atoms with Crippen LogP contribution in [0.25, 0.3) is 16.3 Å². The van der Waals surface area contributed by atoms with Crippen molar-refractivity contribution in [1.29, 1.82) is 0 Å². The molecule has 1 atom stereocenters. The Bertz CT molecular complexity index is 968. The largest absolute Gasteiger partial charge is 0.351 e. The van der Waals surface area contributed by atoms with Crippen LogP contribution < -0.4 is 5.32 Å². The van der Waals surface area contributed by atoms with Gasteiger partial charge in [-0.15, -0.1) is 11.3 Å². The second kappa shape index (κ2) is 9.77. The fraction of sp³-hybridized carbons (Fsp3) is 0.391. The van der Waals surface area contributed by atoms with Crippen LogP contribution in [0.1, 0.15) is 43.1 Å². The van der Waals surface area contributed by atoms with Crippen molar-refractivity contribution in [3.8, 4) is 16.3 Å². The highest BCUT2D eigenvalue weighted by Gasteiger charge is 2.19. The summed E-state index contributed by atoms with van der Waals surface area (Å²) in [7, 11) is 0. The van der Waals surface area contributed by atoms with E-state index in [9.17, 15) is 4.79 Å². The number of benzene rings is 1. The molecule has 0 bridgehead atoms. The molecule has 0 spiro atoms. The van der Waals surface area contributed by atoms with E-state index in [0.717, 1.165) is 29.2 Å². The zero-order chi connectivity index (χ0) is 20.9. The number of hydrogen-bond donors (Lipinski definition) is 1. The second-order valence-corrected chi connectivity index (χ2v) is 9.15. The molecule has 1 aromatic carbocycles. The number of piperidine rings is 1. The maximum Gasteiger partial charge on any atom is 0.270 e. The SMILES string of the molecule is CC1CCCCN1CCCNC(=O)c1cc(-c2cccs2)nn1-c1ccc(Cl)cc1. The lowest BCUT2D eigenvalue weighted by Gasteiger charge is -2.33. The van der Waals surface area contributed by atoms with E-state index in [-0.39, 0.29) is 5.91 Å². The number of amides is 1. The molecule has 0 saturated carbocycles. The molecule has 3 aromatic rings.